The second kappa shape index (κ2) is 5.52. The average molecular weight is 321 g/mol. The van der Waals surface area contributed by atoms with Crippen molar-refractivity contribution in [1.29, 1.82) is 0 Å². The molecular formula is C15H10Cl2N2S. The van der Waals surface area contributed by atoms with Crippen LogP contribution in [0.15, 0.2) is 58.6 Å². The van der Waals surface area contributed by atoms with Gasteiger partial charge in [0.2, 0.25) is 0 Å². The summed E-state index contributed by atoms with van der Waals surface area (Å²) in [4.78, 5) is 6.26. The minimum Gasteiger partial charge on any atom is -0.398 e. The summed E-state index contributed by atoms with van der Waals surface area (Å²) in [5.74, 6) is 0. The second-order valence-corrected chi connectivity index (χ2v) is 6.18. The molecule has 0 amide bonds. The topological polar surface area (TPSA) is 38.9 Å². The molecule has 0 atom stereocenters. The minimum absolute atomic E-state index is 0.554. The molecule has 0 unspecified atom stereocenters. The summed E-state index contributed by atoms with van der Waals surface area (Å²) in [6.45, 7) is 0. The molecule has 0 aliphatic carbocycles. The van der Waals surface area contributed by atoms with Crippen molar-refractivity contribution in [3.05, 3.63) is 58.8 Å². The monoisotopic (exact) mass is 320 g/mol. The molecule has 5 heteroatoms. The van der Waals surface area contributed by atoms with Crippen LogP contribution in [0.3, 0.4) is 0 Å². The van der Waals surface area contributed by atoms with E-state index in [2.05, 4.69) is 4.98 Å². The smallest absolute Gasteiger partial charge is 0.0603 e. The predicted molar refractivity (Wildman–Crippen MR) is 86.7 cm³/mol. The number of nitrogens with zero attached hydrogens (tertiary/aromatic N) is 1. The first-order valence-corrected chi connectivity index (χ1v) is 7.47. The van der Waals surface area contributed by atoms with Gasteiger partial charge in [-0.15, -0.1) is 0 Å². The highest BCUT2D eigenvalue weighted by molar-refractivity contribution is 7.99. The summed E-state index contributed by atoms with van der Waals surface area (Å²) in [5, 5.41) is 3.15. The summed E-state index contributed by atoms with van der Waals surface area (Å²) in [6, 6.07) is 11.5. The predicted octanol–water partition coefficient (Wildman–Crippen LogP) is 5.28. The van der Waals surface area contributed by atoms with Crippen molar-refractivity contribution >= 4 is 51.4 Å². The molecule has 0 aliphatic rings. The molecule has 2 aromatic carbocycles. The van der Waals surface area contributed by atoms with E-state index in [-0.39, 0.29) is 0 Å². The highest BCUT2D eigenvalue weighted by Crippen LogP contribution is 2.37. The summed E-state index contributed by atoms with van der Waals surface area (Å²) in [6.07, 6.45) is 3.55. The van der Waals surface area contributed by atoms with Gasteiger partial charge in [0.05, 0.1) is 10.0 Å². The highest BCUT2D eigenvalue weighted by atomic mass is 35.5. The molecule has 0 saturated carbocycles. The van der Waals surface area contributed by atoms with Crippen molar-refractivity contribution < 1.29 is 0 Å². The summed E-state index contributed by atoms with van der Waals surface area (Å²) in [5.41, 5.74) is 6.70. The summed E-state index contributed by atoms with van der Waals surface area (Å²) in [7, 11) is 0. The van der Waals surface area contributed by atoms with Crippen molar-refractivity contribution in [3.8, 4) is 0 Å². The van der Waals surface area contributed by atoms with Gasteiger partial charge in [0.1, 0.15) is 0 Å². The van der Waals surface area contributed by atoms with Gasteiger partial charge >= 0.3 is 0 Å². The molecule has 2 nitrogen and oxygen atoms in total. The lowest BCUT2D eigenvalue weighted by Crippen LogP contribution is -1.89. The first-order valence-electron chi connectivity index (χ1n) is 5.90. The third-order valence-corrected chi connectivity index (χ3v) is 4.74. The number of hydrogen-bond acceptors (Lipinski definition) is 3. The first kappa shape index (κ1) is 13.6. The Kier molecular flexibility index (Phi) is 3.74. The van der Waals surface area contributed by atoms with Gasteiger partial charge in [0.15, 0.2) is 0 Å². The molecule has 100 valence electrons. The van der Waals surface area contributed by atoms with E-state index in [0.717, 1.165) is 26.3 Å². The van der Waals surface area contributed by atoms with Crippen molar-refractivity contribution in [2.24, 2.45) is 0 Å². The number of anilines is 1. The molecule has 0 radical (unpaired) electrons. The van der Waals surface area contributed by atoms with E-state index in [4.69, 9.17) is 28.9 Å². The van der Waals surface area contributed by atoms with Crippen LogP contribution in [0.4, 0.5) is 5.69 Å². The van der Waals surface area contributed by atoms with Crippen LogP contribution in [0.5, 0.6) is 0 Å². The van der Waals surface area contributed by atoms with Crippen molar-refractivity contribution in [1.82, 2.24) is 4.98 Å². The van der Waals surface area contributed by atoms with Gasteiger partial charge in [-0.2, -0.15) is 0 Å². The van der Waals surface area contributed by atoms with Gasteiger partial charge in [-0.25, -0.2) is 0 Å². The number of pyridine rings is 1. The number of hydrogen-bond donors (Lipinski definition) is 1. The van der Waals surface area contributed by atoms with Gasteiger partial charge < -0.3 is 5.73 Å². The number of halogens is 2. The fourth-order valence-corrected chi connectivity index (χ4v) is 3.29. The Hall–Kier alpha value is -1.42. The van der Waals surface area contributed by atoms with Crippen LogP contribution in [-0.4, -0.2) is 4.98 Å². The van der Waals surface area contributed by atoms with E-state index in [1.807, 2.05) is 30.3 Å². The van der Waals surface area contributed by atoms with Crippen LogP contribution < -0.4 is 5.73 Å². The van der Waals surface area contributed by atoms with Crippen LogP contribution >= 0.6 is 35.0 Å². The first-order chi connectivity index (χ1) is 9.65. The second-order valence-electron chi connectivity index (χ2n) is 4.25. The fourth-order valence-electron chi connectivity index (χ4n) is 1.94. The molecule has 0 aliphatic heterocycles. The molecule has 1 aromatic heterocycles. The van der Waals surface area contributed by atoms with Gasteiger partial charge in [-0.1, -0.05) is 35.0 Å². The Morgan fingerprint density at radius 1 is 0.950 bits per heavy atom. The van der Waals surface area contributed by atoms with Gasteiger partial charge in [-0.05, 0) is 36.4 Å². The molecule has 1 heterocycles. The molecular weight excluding hydrogens is 311 g/mol. The van der Waals surface area contributed by atoms with E-state index in [0.29, 0.717) is 10.0 Å². The third kappa shape index (κ3) is 2.57. The quantitative estimate of drug-likeness (QED) is 0.653. The fraction of sp³-hybridized carbons (Fsp3) is 0. The van der Waals surface area contributed by atoms with Gasteiger partial charge in [0, 0.05) is 38.6 Å². The maximum atomic E-state index is 6.05. The van der Waals surface area contributed by atoms with E-state index < -0.39 is 0 Å². The zero-order chi connectivity index (χ0) is 14.1. The number of fused-ring (bicyclic) bond motifs is 1. The third-order valence-electron chi connectivity index (χ3n) is 2.93. The van der Waals surface area contributed by atoms with Crippen molar-refractivity contribution in [2.45, 2.75) is 9.79 Å². The lowest BCUT2D eigenvalue weighted by atomic mass is 10.1. The van der Waals surface area contributed by atoms with E-state index in [1.165, 1.54) is 0 Å². The molecule has 0 fully saturated rings. The Bertz CT molecular complexity index is 790. The zero-order valence-corrected chi connectivity index (χ0v) is 12.6. The Morgan fingerprint density at radius 2 is 1.80 bits per heavy atom. The molecule has 2 N–H and O–H groups in total. The largest absolute Gasteiger partial charge is 0.398 e. The molecule has 0 saturated heterocycles. The normalized spacial score (nSPS) is 10.9. The van der Waals surface area contributed by atoms with Gasteiger partial charge in [0.25, 0.3) is 0 Å². The number of nitrogen functional groups attached to an aromatic ring is 1. The Labute approximate surface area is 130 Å². The molecule has 0 spiro atoms. The van der Waals surface area contributed by atoms with Crippen LogP contribution in [0, 0.1) is 0 Å². The number of aromatic nitrogens is 1. The van der Waals surface area contributed by atoms with Crippen LogP contribution in [0.2, 0.25) is 10.0 Å². The number of nitrogens with two attached hydrogens (primary N) is 1. The molecule has 3 rings (SSSR count). The SMILES string of the molecule is Nc1ccc(Sc2ccc(Cl)c(Cl)c2)c2ccncc12. The van der Waals surface area contributed by atoms with Crippen molar-refractivity contribution in [2.75, 3.05) is 5.73 Å². The lowest BCUT2D eigenvalue weighted by molar-refractivity contribution is 1.35. The molecule has 3 aromatic rings. The Balaban J connectivity index is 2.06. The minimum atomic E-state index is 0.554. The zero-order valence-electron chi connectivity index (χ0n) is 10.3. The number of benzene rings is 2. The standard InChI is InChI=1S/C15H10Cl2N2S/c16-12-2-1-9(7-13(12)17)20-15-4-3-14(18)11-8-19-6-5-10(11)15/h1-8H,18H2. The number of rotatable bonds is 2. The Morgan fingerprint density at radius 3 is 2.60 bits per heavy atom. The maximum absolute atomic E-state index is 6.05. The highest BCUT2D eigenvalue weighted by Gasteiger charge is 2.07. The van der Waals surface area contributed by atoms with Crippen molar-refractivity contribution in [3.63, 3.8) is 0 Å². The summed E-state index contributed by atoms with van der Waals surface area (Å²) < 4.78 is 0. The lowest BCUT2D eigenvalue weighted by Gasteiger charge is -2.08. The van der Waals surface area contributed by atoms with Crippen LogP contribution in [0.25, 0.3) is 10.8 Å². The van der Waals surface area contributed by atoms with E-state index in [9.17, 15) is 0 Å². The van der Waals surface area contributed by atoms with E-state index in [1.54, 1.807) is 30.2 Å². The maximum Gasteiger partial charge on any atom is 0.0603 e. The molecule has 0 bridgehead atoms. The molecule has 20 heavy (non-hydrogen) atoms. The average Bonchev–Trinajstić information content (AvgIpc) is 2.46. The van der Waals surface area contributed by atoms with Crippen LogP contribution in [-0.2, 0) is 0 Å². The van der Waals surface area contributed by atoms with E-state index >= 15 is 0 Å². The van der Waals surface area contributed by atoms with Crippen LogP contribution in [0.1, 0.15) is 0 Å². The summed E-state index contributed by atoms with van der Waals surface area (Å²) >= 11 is 13.6. The van der Waals surface area contributed by atoms with Gasteiger partial charge in [-0.3, -0.25) is 4.98 Å².